The highest BCUT2D eigenvalue weighted by atomic mass is 16.3. The van der Waals surface area contributed by atoms with Gasteiger partial charge in [-0.25, -0.2) is 5.43 Å². The molecule has 3 N–H and O–H groups in total. The smallest absolute Gasteiger partial charge is 0.0515 e. The van der Waals surface area contributed by atoms with Gasteiger partial charge in [0.1, 0.15) is 0 Å². The first-order chi connectivity index (χ1) is 13.8. The van der Waals surface area contributed by atoms with E-state index in [9.17, 15) is 5.11 Å². The molecule has 0 bridgehead atoms. The average molecular weight is 381 g/mol. The third kappa shape index (κ3) is 4.80. The molecule has 0 radical (unpaired) electrons. The Morgan fingerprint density at radius 1 is 0.964 bits per heavy atom. The quantitative estimate of drug-likeness (QED) is 0.686. The molecule has 2 fully saturated rings. The van der Waals surface area contributed by atoms with E-state index >= 15 is 0 Å². The van der Waals surface area contributed by atoms with E-state index in [1.54, 1.807) is 0 Å². The first kappa shape index (κ1) is 19.6. The molecule has 0 amide bonds. The zero-order valence-corrected chi connectivity index (χ0v) is 16.5. The first-order valence-corrected chi connectivity index (χ1v) is 10.5. The Hall–Kier alpha value is -1.76. The molecule has 5 nitrogen and oxygen atoms in total. The highest BCUT2D eigenvalue weighted by Gasteiger charge is 2.33. The molecule has 3 unspecified atom stereocenters. The SMILES string of the molecule is OCCC1CN(CC2CNNC2c2ccccc2)CCN1Cc1ccccc1. The van der Waals surface area contributed by atoms with Gasteiger partial charge in [-0.1, -0.05) is 60.7 Å². The number of hydrogen-bond acceptors (Lipinski definition) is 5. The molecule has 2 aliphatic rings. The van der Waals surface area contributed by atoms with Crippen LogP contribution < -0.4 is 10.9 Å². The summed E-state index contributed by atoms with van der Waals surface area (Å²) in [5, 5.41) is 9.60. The largest absolute Gasteiger partial charge is 0.396 e. The Morgan fingerprint density at radius 3 is 2.46 bits per heavy atom. The Bertz CT molecular complexity index is 711. The Labute approximate surface area is 168 Å². The van der Waals surface area contributed by atoms with Crippen LogP contribution in [0.5, 0.6) is 0 Å². The second kappa shape index (κ2) is 9.63. The van der Waals surface area contributed by atoms with E-state index in [1.807, 2.05) is 0 Å². The van der Waals surface area contributed by atoms with Crippen molar-refractivity contribution in [3.63, 3.8) is 0 Å². The summed E-state index contributed by atoms with van der Waals surface area (Å²) in [7, 11) is 0. The van der Waals surface area contributed by atoms with Crippen LogP contribution in [0.3, 0.4) is 0 Å². The maximum atomic E-state index is 9.60. The average Bonchev–Trinajstić information content (AvgIpc) is 3.20. The molecule has 0 saturated carbocycles. The summed E-state index contributed by atoms with van der Waals surface area (Å²) >= 11 is 0. The lowest BCUT2D eigenvalue weighted by molar-refractivity contribution is 0.0457. The number of rotatable bonds is 7. The van der Waals surface area contributed by atoms with E-state index in [4.69, 9.17) is 0 Å². The van der Waals surface area contributed by atoms with Crippen molar-refractivity contribution in [1.82, 2.24) is 20.7 Å². The molecule has 0 aliphatic carbocycles. The Balaban J connectivity index is 1.37. The second-order valence-electron chi connectivity index (χ2n) is 8.06. The van der Waals surface area contributed by atoms with Crippen LogP contribution in [0.25, 0.3) is 0 Å². The highest BCUT2D eigenvalue weighted by Crippen LogP contribution is 2.27. The predicted molar refractivity (Wildman–Crippen MR) is 113 cm³/mol. The van der Waals surface area contributed by atoms with Gasteiger partial charge in [0.05, 0.1) is 6.04 Å². The fraction of sp³-hybridized carbons (Fsp3) is 0.478. The molecule has 2 heterocycles. The molecule has 2 aliphatic heterocycles. The van der Waals surface area contributed by atoms with Crippen molar-refractivity contribution in [2.45, 2.75) is 25.0 Å². The molecule has 4 rings (SSSR count). The number of nitrogens with one attached hydrogen (secondary N) is 2. The Kier molecular flexibility index (Phi) is 6.73. The molecule has 2 aromatic carbocycles. The third-order valence-electron chi connectivity index (χ3n) is 6.12. The van der Waals surface area contributed by atoms with Crippen molar-refractivity contribution in [2.75, 3.05) is 39.3 Å². The number of nitrogens with zero attached hydrogens (tertiary/aromatic N) is 2. The number of hydrazine groups is 1. The first-order valence-electron chi connectivity index (χ1n) is 10.5. The fourth-order valence-corrected chi connectivity index (χ4v) is 4.63. The Morgan fingerprint density at radius 2 is 1.71 bits per heavy atom. The molecule has 2 aromatic rings. The van der Waals surface area contributed by atoms with E-state index in [2.05, 4.69) is 81.3 Å². The van der Waals surface area contributed by atoms with Gasteiger partial charge in [-0.15, -0.1) is 0 Å². The van der Waals surface area contributed by atoms with Crippen molar-refractivity contribution < 1.29 is 5.11 Å². The number of aliphatic hydroxyl groups is 1. The molecule has 5 heteroatoms. The van der Waals surface area contributed by atoms with Gasteiger partial charge >= 0.3 is 0 Å². The molecule has 0 aromatic heterocycles. The maximum Gasteiger partial charge on any atom is 0.0515 e. The van der Waals surface area contributed by atoms with Crippen LogP contribution in [0.2, 0.25) is 0 Å². The lowest BCUT2D eigenvalue weighted by Gasteiger charge is -2.42. The van der Waals surface area contributed by atoms with E-state index in [1.165, 1.54) is 11.1 Å². The van der Waals surface area contributed by atoms with Crippen LogP contribution in [-0.4, -0.2) is 60.3 Å². The molecule has 28 heavy (non-hydrogen) atoms. The summed E-state index contributed by atoms with van der Waals surface area (Å²) in [4.78, 5) is 5.14. The van der Waals surface area contributed by atoms with Gasteiger partial charge in [-0.05, 0) is 17.5 Å². The zero-order chi connectivity index (χ0) is 19.2. The predicted octanol–water partition coefficient (Wildman–Crippen LogP) is 2.02. The number of aliphatic hydroxyl groups excluding tert-OH is 1. The number of piperazine rings is 1. The van der Waals surface area contributed by atoms with Crippen molar-refractivity contribution in [3.05, 3.63) is 71.8 Å². The van der Waals surface area contributed by atoms with Crippen LogP contribution in [0.4, 0.5) is 0 Å². The molecule has 2 saturated heterocycles. The van der Waals surface area contributed by atoms with Gasteiger partial charge in [0.2, 0.25) is 0 Å². The van der Waals surface area contributed by atoms with Crippen LogP contribution in [0.1, 0.15) is 23.6 Å². The van der Waals surface area contributed by atoms with Crippen molar-refractivity contribution in [2.24, 2.45) is 5.92 Å². The monoisotopic (exact) mass is 380 g/mol. The van der Waals surface area contributed by atoms with Gasteiger partial charge in [0.25, 0.3) is 0 Å². The zero-order valence-electron chi connectivity index (χ0n) is 16.5. The normalized spacial score (nSPS) is 26.5. The fourth-order valence-electron chi connectivity index (χ4n) is 4.63. The van der Waals surface area contributed by atoms with Crippen LogP contribution >= 0.6 is 0 Å². The number of hydrogen-bond donors (Lipinski definition) is 3. The molecule has 0 spiro atoms. The summed E-state index contributed by atoms with van der Waals surface area (Å²) in [6, 6.07) is 22.2. The van der Waals surface area contributed by atoms with Gasteiger partial charge in [-0.3, -0.25) is 10.3 Å². The van der Waals surface area contributed by atoms with Gasteiger partial charge in [0, 0.05) is 57.8 Å². The van der Waals surface area contributed by atoms with Crippen LogP contribution in [-0.2, 0) is 6.54 Å². The maximum absolute atomic E-state index is 9.60. The van der Waals surface area contributed by atoms with Crippen LogP contribution in [0, 0.1) is 5.92 Å². The van der Waals surface area contributed by atoms with Crippen molar-refractivity contribution in [1.29, 1.82) is 0 Å². The summed E-state index contributed by atoms with van der Waals surface area (Å²) in [5.41, 5.74) is 9.53. The summed E-state index contributed by atoms with van der Waals surface area (Å²) in [6.07, 6.45) is 0.840. The number of benzene rings is 2. The minimum atomic E-state index is 0.253. The molecule has 150 valence electrons. The van der Waals surface area contributed by atoms with Crippen molar-refractivity contribution >= 4 is 0 Å². The van der Waals surface area contributed by atoms with E-state index in [-0.39, 0.29) is 6.61 Å². The summed E-state index contributed by atoms with van der Waals surface area (Å²) in [6.45, 7) is 6.48. The van der Waals surface area contributed by atoms with Gasteiger partial charge in [-0.2, -0.15) is 0 Å². The third-order valence-corrected chi connectivity index (χ3v) is 6.12. The van der Waals surface area contributed by atoms with Crippen LogP contribution in [0.15, 0.2) is 60.7 Å². The molecular weight excluding hydrogens is 348 g/mol. The summed E-state index contributed by atoms with van der Waals surface area (Å²) < 4.78 is 0. The van der Waals surface area contributed by atoms with E-state index < -0.39 is 0 Å². The molecular formula is C23H32N4O. The summed E-state index contributed by atoms with van der Waals surface area (Å²) in [5.74, 6) is 0.554. The minimum absolute atomic E-state index is 0.253. The van der Waals surface area contributed by atoms with Gasteiger partial charge < -0.3 is 10.0 Å². The van der Waals surface area contributed by atoms with Crippen molar-refractivity contribution in [3.8, 4) is 0 Å². The standard InChI is InChI=1S/C23H32N4O/c28-14-11-22-18-26(12-13-27(22)16-19-7-3-1-4-8-19)17-21-15-24-25-23(21)20-9-5-2-6-10-20/h1-10,21-25,28H,11-18H2. The lowest BCUT2D eigenvalue weighted by Crippen LogP contribution is -2.54. The van der Waals surface area contributed by atoms with E-state index in [0.29, 0.717) is 18.0 Å². The topological polar surface area (TPSA) is 50.8 Å². The minimum Gasteiger partial charge on any atom is -0.396 e. The molecule has 3 atom stereocenters. The second-order valence-corrected chi connectivity index (χ2v) is 8.06. The lowest BCUT2D eigenvalue weighted by atomic mass is 9.94. The highest BCUT2D eigenvalue weighted by molar-refractivity contribution is 5.21. The van der Waals surface area contributed by atoms with E-state index in [0.717, 1.165) is 45.7 Å². The van der Waals surface area contributed by atoms with Gasteiger partial charge in [0.15, 0.2) is 0 Å².